The van der Waals surface area contributed by atoms with E-state index in [1.165, 1.54) is 44.1 Å². The number of benzene rings is 1. The number of aliphatic imine (C=N–C) groups is 1. The van der Waals surface area contributed by atoms with Gasteiger partial charge in [0.05, 0.1) is 24.8 Å². The molecule has 0 radical (unpaired) electrons. The number of guanidine groups is 1. The minimum Gasteiger partial charge on any atom is -0.373 e. The lowest BCUT2D eigenvalue weighted by molar-refractivity contribution is 0.0992. The number of hydrogen-bond donors (Lipinski definition) is 2. The van der Waals surface area contributed by atoms with Gasteiger partial charge in [0.2, 0.25) is 0 Å². The molecule has 2 bridgehead atoms. The summed E-state index contributed by atoms with van der Waals surface area (Å²) in [6.45, 7) is 3.90. The Kier molecular flexibility index (Phi) is 4.98. The minimum absolute atomic E-state index is 0.217. The molecule has 136 valence electrons. The first-order valence-electron chi connectivity index (χ1n) is 10.0. The van der Waals surface area contributed by atoms with E-state index in [2.05, 4.69) is 47.9 Å². The van der Waals surface area contributed by atoms with Gasteiger partial charge in [-0.3, -0.25) is 4.99 Å². The highest BCUT2D eigenvalue weighted by atomic mass is 16.5. The van der Waals surface area contributed by atoms with Crippen LogP contribution in [0.2, 0.25) is 0 Å². The third-order valence-electron chi connectivity index (χ3n) is 6.26. The molecule has 1 aromatic rings. The van der Waals surface area contributed by atoms with Crippen molar-refractivity contribution in [3.8, 4) is 0 Å². The maximum Gasteiger partial charge on any atom is 0.191 e. The molecule has 3 fully saturated rings. The van der Waals surface area contributed by atoms with Gasteiger partial charge in [0.25, 0.3) is 0 Å². The van der Waals surface area contributed by atoms with Crippen LogP contribution in [-0.2, 0) is 10.2 Å². The van der Waals surface area contributed by atoms with Crippen LogP contribution >= 0.6 is 0 Å². The lowest BCUT2D eigenvalue weighted by Gasteiger charge is -2.29. The highest BCUT2D eigenvalue weighted by Gasteiger charge is 2.41. The third-order valence-corrected chi connectivity index (χ3v) is 6.26. The van der Waals surface area contributed by atoms with Gasteiger partial charge in [0.15, 0.2) is 5.96 Å². The van der Waals surface area contributed by atoms with Crippen molar-refractivity contribution in [3.05, 3.63) is 35.9 Å². The third kappa shape index (κ3) is 3.55. The molecular formula is C21H31N3O. The van der Waals surface area contributed by atoms with E-state index in [1.54, 1.807) is 0 Å². The number of nitrogens with one attached hydrogen (secondary N) is 2. The van der Waals surface area contributed by atoms with Crippen molar-refractivity contribution in [1.82, 2.24) is 10.6 Å². The second kappa shape index (κ2) is 7.36. The van der Waals surface area contributed by atoms with Gasteiger partial charge in [-0.1, -0.05) is 43.2 Å². The Morgan fingerprint density at radius 3 is 2.64 bits per heavy atom. The molecule has 3 unspecified atom stereocenters. The van der Waals surface area contributed by atoms with E-state index < -0.39 is 0 Å². The molecule has 2 aliphatic heterocycles. The summed E-state index contributed by atoms with van der Waals surface area (Å²) in [5.74, 6) is 0.964. The van der Waals surface area contributed by atoms with Crippen LogP contribution in [0.25, 0.3) is 0 Å². The molecule has 2 saturated heterocycles. The summed E-state index contributed by atoms with van der Waals surface area (Å²) in [7, 11) is 0. The van der Waals surface area contributed by atoms with Crippen molar-refractivity contribution in [3.63, 3.8) is 0 Å². The first-order valence-corrected chi connectivity index (χ1v) is 10.0. The summed E-state index contributed by atoms with van der Waals surface area (Å²) in [6, 6.07) is 11.4. The van der Waals surface area contributed by atoms with E-state index in [9.17, 15) is 0 Å². The van der Waals surface area contributed by atoms with Gasteiger partial charge < -0.3 is 15.4 Å². The van der Waals surface area contributed by atoms with Crippen LogP contribution in [0.5, 0.6) is 0 Å². The number of ether oxygens (including phenoxy) is 1. The molecule has 2 N–H and O–H groups in total. The van der Waals surface area contributed by atoms with Gasteiger partial charge in [-0.15, -0.1) is 0 Å². The maximum atomic E-state index is 5.99. The Balaban J connectivity index is 1.48. The SMILES string of the molecule is CCNC(=NCC1(c2ccccc2)CCCC1)NC1CC2CCC1O2. The van der Waals surface area contributed by atoms with Crippen LogP contribution in [-0.4, -0.2) is 37.3 Å². The molecule has 3 aliphatic rings. The number of fused-ring (bicyclic) bond motifs is 2. The fourth-order valence-corrected chi connectivity index (χ4v) is 4.90. The lowest BCUT2D eigenvalue weighted by atomic mass is 9.79. The van der Waals surface area contributed by atoms with Gasteiger partial charge >= 0.3 is 0 Å². The Hall–Kier alpha value is -1.55. The van der Waals surface area contributed by atoms with E-state index >= 15 is 0 Å². The summed E-state index contributed by atoms with van der Waals surface area (Å²) < 4.78 is 5.99. The minimum atomic E-state index is 0.217. The summed E-state index contributed by atoms with van der Waals surface area (Å²) in [5, 5.41) is 7.10. The molecule has 3 atom stereocenters. The zero-order valence-electron chi connectivity index (χ0n) is 15.3. The molecule has 2 heterocycles. The second-order valence-corrected chi connectivity index (χ2v) is 7.91. The average Bonchev–Trinajstić information content (AvgIpc) is 3.38. The van der Waals surface area contributed by atoms with Crippen molar-refractivity contribution < 1.29 is 4.74 Å². The van der Waals surface area contributed by atoms with Crippen LogP contribution in [0.3, 0.4) is 0 Å². The number of nitrogens with zero attached hydrogens (tertiary/aromatic N) is 1. The van der Waals surface area contributed by atoms with Crippen LogP contribution in [0.1, 0.15) is 57.4 Å². The molecule has 0 aromatic heterocycles. The fourth-order valence-electron chi connectivity index (χ4n) is 4.90. The van der Waals surface area contributed by atoms with E-state index in [0.717, 1.165) is 25.5 Å². The highest BCUT2D eigenvalue weighted by Crippen LogP contribution is 2.41. The monoisotopic (exact) mass is 341 g/mol. The molecule has 0 amide bonds. The second-order valence-electron chi connectivity index (χ2n) is 7.91. The predicted molar refractivity (Wildman–Crippen MR) is 102 cm³/mol. The van der Waals surface area contributed by atoms with Gasteiger partial charge in [-0.2, -0.15) is 0 Å². The number of hydrogen-bond acceptors (Lipinski definition) is 2. The molecule has 1 aromatic carbocycles. The van der Waals surface area contributed by atoms with Crippen LogP contribution in [0.4, 0.5) is 0 Å². The first-order chi connectivity index (χ1) is 12.3. The van der Waals surface area contributed by atoms with Crippen molar-refractivity contribution in [2.45, 2.75) is 75.5 Å². The predicted octanol–water partition coefficient (Wildman–Crippen LogP) is 3.37. The molecule has 4 nitrogen and oxygen atoms in total. The Morgan fingerprint density at radius 1 is 1.20 bits per heavy atom. The van der Waals surface area contributed by atoms with Gasteiger partial charge in [0.1, 0.15) is 0 Å². The van der Waals surface area contributed by atoms with E-state index in [0.29, 0.717) is 18.2 Å². The van der Waals surface area contributed by atoms with Gasteiger partial charge in [-0.05, 0) is 44.6 Å². The van der Waals surface area contributed by atoms with Crippen LogP contribution < -0.4 is 10.6 Å². The van der Waals surface area contributed by atoms with Crippen LogP contribution in [0.15, 0.2) is 35.3 Å². The Labute approximate surface area is 151 Å². The zero-order valence-corrected chi connectivity index (χ0v) is 15.3. The van der Waals surface area contributed by atoms with Crippen molar-refractivity contribution in [2.24, 2.45) is 4.99 Å². The largest absolute Gasteiger partial charge is 0.373 e. The van der Waals surface area contributed by atoms with Crippen molar-refractivity contribution in [1.29, 1.82) is 0 Å². The maximum absolute atomic E-state index is 5.99. The first kappa shape index (κ1) is 16.9. The smallest absolute Gasteiger partial charge is 0.191 e. The van der Waals surface area contributed by atoms with E-state index in [4.69, 9.17) is 9.73 Å². The zero-order chi connectivity index (χ0) is 17.1. The molecule has 1 aliphatic carbocycles. The Morgan fingerprint density at radius 2 is 2.00 bits per heavy atom. The quantitative estimate of drug-likeness (QED) is 0.637. The summed E-state index contributed by atoms with van der Waals surface area (Å²) >= 11 is 0. The lowest BCUT2D eigenvalue weighted by Crippen LogP contribution is -2.48. The van der Waals surface area contributed by atoms with Gasteiger partial charge in [-0.25, -0.2) is 0 Å². The van der Waals surface area contributed by atoms with Gasteiger partial charge in [0, 0.05) is 12.0 Å². The summed E-state index contributed by atoms with van der Waals surface area (Å²) in [5.41, 5.74) is 1.67. The molecular weight excluding hydrogens is 310 g/mol. The summed E-state index contributed by atoms with van der Waals surface area (Å²) in [4.78, 5) is 5.03. The summed E-state index contributed by atoms with van der Waals surface area (Å²) in [6.07, 6.45) is 9.51. The molecule has 25 heavy (non-hydrogen) atoms. The normalized spacial score (nSPS) is 30.6. The molecule has 1 saturated carbocycles. The van der Waals surface area contributed by atoms with Crippen LogP contribution in [0, 0.1) is 0 Å². The molecule has 4 rings (SSSR count). The van der Waals surface area contributed by atoms with E-state index in [-0.39, 0.29) is 5.41 Å². The fraction of sp³-hybridized carbons (Fsp3) is 0.667. The highest BCUT2D eigenvalue weighted by molar-refractivity contribution is 5.80. The topological polar surface area (TPSA) is 45.7 Å². The van der Waals surface area contributed by atoms with Crippen molar-refractivity contribution >= 4 is 5.96 Å². The standard InChI is InChI=1S/C21H31N3O/c1-2-22-20(24-18-14-17-10-11-19(18)25-17)23-15-21(12-6-7-13-21)16-8-4-3-5-9-16/h3-5,8-9,17-19H,2,6-7,10-15H2,1H3,(H2,22,23,24). The molecule has 0 spiro atoms. The molecule has 4 heteroatoms. The number of rotatable bonds is 5. The van der Waals surface area contributed by atoms with Crippen molar-refractivity contribution in [2.75, 3.05) is 13.1 Å². The Bertz CT molecular complexity index is 594. The van der Waals surface area contributed by atoms with E-state index in [1.807, 2.05) is 0 Å². The average molecular weight is 341 g/mol.